The summed E-state index contributed by atoms with van der Waals surface area (Å²) in [4.78, 5) is 9.53. The average molecular weight is 344 g/mol. The van der Waals surface area contributed by atoms with Crippen molar-refractivity contribution in [2.75, 3.05) is 31.1 Å². The largest absolute Gasteiger partial charge is 0.439 e. The molecule has 2 fully saturated rings. The Morgan fingerprint density at radius 1 is 1.04 bits per heavy atom. The maximum atomic E-state index is 5.98. The van der Waals surface area contributed by atoms with Crippen LogP contribution in [0.15, 0.2) is 42.6 Å². The summed E-state index contributed by atoms with van der Waals surface area (Å²) >= 11 is 5.98. The first-order valence-corrected chi connectivity index (χ1v) is 9.04. The Kier molecular flexibility index (Phi) is 4.58. The smallest absolute Gasteiger partial charge is 0.219 e. The van der Waals surface area contributed by atoms with E-state index in [2.05, 4.69) is 20.9 Å². The number of halogens is 1. The van der Waals surface area contributed by atoms with Crippen LogP contribution >= 0.6 is 11.6 Å². The molecule has 5 heteroatoms. The van der Waals surface area contributed by atoms with Gasteiger partial charge >= 0.3 is 0 Å². The lowest BCUT2D eigenvalue weighted by Gasteiger charge is -2.23. The molecule has 1 saturated heterocycles. The summed E-state index contributed by atoms with van der Waals surface area (Å²) < 4.78 is 5.76. The minimum absolute atomic E-state index is 0.593. The van der Waals surface area contributed by atoms with E-state index >= 15 is 0 Å². The highest BCUT2D eigenvalue weighted by atomic mass is 35.5. The van der Waals surface area contributed by atoms with Crippen molar-refractivity contribution in [1.82, 2.24) is 9.88 Å². The fourth-order valence-electron chi connectivity index (χ4n) is 3.27. The Hall–Kier alpha value is -1.78. The van der Waals surface area contributed by atoms with E-state index in [1.54, 1.807) is 6.07 Å². The number of benzene rings is 1. The molecule has 24 heavy (non-hydrogen) atoms. The van der Waals surface area contributed by atoms with E-state index in [4.69, 9.17) is 16.3 Å². The molecule has 1 aromatic carbocycles. The van der Waals surface area contributed by atoms with E-state index in [0.29, 0.717) is 16.7 Å². The van der Waals surface area contributed by atoms with Gasteiger partial charge in [-0.05, 0) is 43.5 Å². The Bertz CT molecular complexity index is 687. The zero-order valence-electron chi connectivity index (χ0n) is 13.7. The van der Waals surface area contributed by atoms with Crippen LogP contribution in [0.1, 0.15) is 19.3 Å². The van der Waals surface area contributed by atoms with Crippen molar-refractivity contribution in [2.24, 2.45) is 0 Å². The molecule has 0 bridgehead atoms. The predicted octanol–water partition coefficient (Wildman–Crippen LogP) is 4.20. The Balaban J connectivity index is 1.39. The van der Waals surface area contributed by atoms with Crippen LogP contribution in [0.2, 0.25) is 5.02 Å². The lowest BCUT2D eigenvalue weighted by atomic mass is 10.3. The van der Waals surface area contributed by atoms with Gasteiger partial charge in [-0.2, -0.15) is 0 Å². The molecule has 126 valence electrons. The zero-order chi connectivity index (χ0) is 16.4. The van der Waals surface area contributed by atoms with Crippen LogP contribution in [0.25, 0.3) is 0 Å². The van der Waals surface area contributed by atoms with Gasteiger partial charge in [-0.25, -0.2) is 4.98 Å². The first kappa shape index (κ1) is 15.7. The lowest BCUT2D eigenvalue weighted by molar-refractivity contribution is 0.283. The monoisotopic (exact) mass is 343 g/mol. The molecule has 0 spiro atoms. The van der Waals surface area contributed by atoms with E-state index < -0.39 is 0 Å². The maximum Gasteiger partial charge on any atom is 0.219 e. The molecule has 0 atom stereocenters. The number of rotatable bonds is 4. The van der Waals surface area contributed by atoms with Crippen molar-refractivity contribution >= 4 is 17.3 Å². The molecule has 1 aromatic heterocycles. The summed E-state index contributed by atoms with van der Waals surface area (Å²) in [7, 11) is 0. The predicted molar refractivity (Wildman–Crippen MR) is 97.2 cm³/mol. The summed E-state index contributed by atoms with van der Waals surface area (Å²) in [6.07, 6.45) is 5.90. The molecule has 0 amide bonds. The van der Waals surface area contributed by atoms with Crippen molar-refractivity contribution < 1.29 is 4.74 Å². The molecule has 1 aliphatic heterocycles. The SMILES string of the molecule is Clc1cccc(Oc2ccc(N3CCCN(C4CC4)CC3)cn2)c1. The van der Waals surface area contributed by atoms with Gasteiger partial charge in [-0.15, -0.1) is 0 Å². The molecule has 1 aliphatic carbocycles. The van der Waals surface area contributed by atoms with E-state index in [0.717, 1.165) is 25.7 Å². The molecule has 0 radical (unpaired) electrons. The van der Waals surface area contributed by atoms with Crippen LogP contribution in [0.5, 0.6) is 11.6 Å². The molecule has 2 aliphatic rings. The maximum absolute atomic E-state index is 5.98. The second-order valence-electron chi connectivity index (χ2n) is 6.52. The third kappa shape index (κ3) is 3.82. The number of aromatic nitrogens is 1. The quantitative estimate of drug-likeness (QED) is 0.831. The highest BCUT2D eigenvalue weighted by molar-refractivity contribution is 6.30. The number of hydrogen-bond acceptors (Lipinski definition) is 4. The van der Waals surface area contributed by atoms with Crippen LogP contribution in [0.4, 0.5) is 5.69 Å². The first-order valence-electron chi connectivity index (χ1n) is 8.66. The average Bonchev–Trinajstić information content (AvgIpc) is 3.42. The molecular formula is C19H22ClN3O. The van der Waals surface area contributed by atoms with Gasteiger partial charge in [0.2, 0.25) is 5.88 Å². The minimum atomic E-state index is 0.593. The molecule has 1 saturated carbocycles. The van der Waals surface area contributed by atoms with Gasteiger partial charge < -0.3 is 9.64 Å². The van der Waals surface area contributed by atoms with E-state index in [9.17, 15) is 0 Å². The number of hydrogen-bond donors (Lipinski definition) is 0. The summed E-state index contributed by atoms with van der Waals surface area (Å²) in [5.74, 6) is 1.30. The van der Waals surface area contributed by atoms with Crippen LogP contribution in [-0.2, 0) is 0 Å². The van der Waals surface area contributed by atoms with Gasteiger partial charge in [-0.1, -0.05) is 17.7 Å². The topological polar surface area (TPSA) is 28.6 Å². The highest BCUT2D eigenvalue weighted by Crippen LogP contribution is 2.29. The van der Waals surface area contributed by atoms with E-state index in [-0.39, 0.29) is 0 Å². The Morgan fingerprint density at radius 2 is 1.96 bits per heavy atom. The van der Waals surface area contributed by atoms with Gasteiger partial charge in [-0.3, -0.25) is 4.90 Å². The molecular weight excluding hydrogens is 322 g/mol. The number of pyridine rings is 1. The van der Waals surface area contributed by atoms with Crippen LogP contribution in [0, 0.1) is 0 Å². The van der Waals surface area contributed by atoms with Gasteiger partial charge in [0, 0.05) is 43.3 Å². The molecule has 4 rings (SSSR count). The summed E-state index contributed by atoms with van der Waals surface area (Å²) in [5.41, 5.74) is 1.17. The van der Waals surface area contributed by atoms with Crippen molar-refractivity contribution in [3.05, 3.63) is 47.6 Å². The van der Waals surface area contributed by atoms with Crippen molar-refractivity contribution in [3.8, 4) is 11.6 Å². The Labute approximate surface area is 148 Å². The van der Waals surface area contributed by atoms with Crippen LogP contribution < -0.4 is 9.64 Å². The van der Waals surface area contributed by atoms with Crippen molar-refractivity contribution in [2.45, 2.75) is 25.3 Å². The molecule has 0 N–H and O–H groups in total. The normalized spacial score (nSPS) is 19.1. The van der Waals surface area contributed by atoms with Crippen molar-refractivity contribution in [3.63, 3.8) is 0 Å². The Morgan fingerprint density at radius 3 is 2.71 bits per heavy atom. The van der Waals surface area contributed by atoms with Gasteiger partial charge in [0.15, 0.2) is 0 Å². The molecule has 2 heterocycles. The molecule has 2 aromatic rings. The number of anilines is 1. The number of ether oxygens (including phenoxy) is 1. The number of nitrogens with zero attached hydrogens (tertiary/aromatic N) is 3. The second kappa shape index (κ2) is 6.99. The molecule has 4 nitrogen and oxygen atoms in total. The highest BCUT2D eigenvalue weighted by Gasteiger charge is 2.29. The lowest BCUT2D eigenvalue weighted by Crippen LogP contribution is -2.32. The summed E-state index contributed by atoms with van der Waals surface area (Å²) in [6.45, 7) is 4.56. The van der Waals surface area contributed by atoms with Crippen LogP contribution in [-0.4, -0.2) is 42.1 Å². The zero-order valence-corrected chi connectivity index (χ0v) is 14.5. The fourth-order valence-corrected chi connectivity index (χ4v) is 3.45. The van der Waals surface area contributed by atoms with Gasteiger partial charge in [0.25, 0.3) is 0 Å². The second-order valence-corrected chi connectivity index (χ2v) is 6.96. The van der Waals surface area contributed by atoms with Crippen LogP contribution in [0.3, 0.4) is 0 Å². The molecule has 0 unspecified atom stereocenters. The standard InChI is InChI=1S/C19H22ClN3O/c20-15-3-1-4-18(13-15)24-19-8-7-17(14-21-19)23-10-2-9-22(11-12-23)16-5-6-16/h1,3-4,7-8,13-14,16H,2,5-6,9-12H2. The van der Waals surface area contributed by atoms with Crippen molar-refractivity contribution in [1.29, 1.82) is 0 Å². The summed E-state index contributed by atoms with van der Waals surface area (Å²) in [6, 6.07) is 12.3. The minimum Gasteiger partial charge on any atom is -0.439 e. The van der Waals surface area contributed by atoms with Gasteiger partial charge in [0.05, 0.1) is 11.9 Å². The van der Waals surface area contributed by atoms with Gasteiger partial charge in [0.1, 0.15) is 5.75 Å². The van der Waals surface area contributed by atoms with E-state index in [1.807, 2.05) is 30.5 Å². The third-order valence-corrected chi connectivity index (χ3v) is 4.93. The third-order valence-electron chi connectivity index (χ3n) is 4.70. The fraction of sp³-hybridized carbons (Fsp3) is 0.421. The first-order chi connectivity index (χ1) is 11.8. The van der Waals surface area contributed by atoms with E-state index in [1.165, 1.54) is 31.5 Å². The summed E-state index contributed by atoms with van der Waals surface area (Å²) in [5, 5.41) is 0.661.